The molecule has 0 aliphatic carbocycles. The molecule has 1 N–H and O–H groups in total. The number of para-hydroxylation sites is 1. The zero-order chi connectivity index (χ0) is 14.1. The molecule has 0 radical (unpaired) electrons. The topological polar surface area (TPSA) is 51.1 Å². The second-order valence-electron chi connectivity index (χ2n) is 3.65. The van der Waals surface area contributed by atoms with Crippen LogP contribution >= 0.6 is 0 Å². The maximum Gasteiger partial charge on any atom is 0.501 e. The van der Waals surface area contributed by atoms with Gasteiger partial charge in [0.05, 0.1) is 5.69 Å². The number of nitrogens with zero attached hydrogens (tertiary/aromatic N) is 1. The Labute approximate surface area is 107 Å². The van der Waals surface area contributed by atoms with E-state index in [9.17, 15) is 21.6 Å². The minimum Gasteiger partial charge on any atom is -0.294 e. The molecule has 102 valence electrons. The van der Waals surface area contributed by atoms with E-state index >= 15 is 0 Å². The van der Waals surface area contributed by atoms with Crippen molar-refractivity contribution in [3.8, 4) is 0 Å². The number of nitrogens with one attached hydrogen (secondary N) is 1. The van der Waals surface area contributed by atoms with E-state index in [2.05, 4.69) is 5.43 Å². The Morgan fingerprint density at radius 3 is 2.16 bits per heavy atom. The van der Waals surface area contributed by atoms with Crippen LogP contribution in [0.2, 0.25) is 0 Å². The molecule has 2 rings (SSSR count). The van der Waals surface area contributed by atoms with Crippen molar-refractivity contribution in [1.82, 2.24) is 4.68 Å². The Kier molecular flexibility index (Phi) is 3.27. The van der Waals surface area contributed by atoms with Gasteiger partial charge in [-0.05, 0) is 24.3 Å². The molecule has 0 aliphatic rings. The summed E-state index contributed by atoms with van der Waals surface area (Å²) in [5.74, 6) is 0. The predicted molar refractivity (Wildman–Crippen MR) is 63.1 cm³/mol. The van der Waals surface area contributed by atoms with Crippen molar-refractivity contribution in [2.24, 2.45) is 0 Å². The highest BCUT2D eigenvalue weighted by Crippen LogP contribution is 2.34. The molecule has 0 spiro atoms. The zero-order valence-corrected chi connectivity index (χ0v) is 10.2. The summed E-state index contributed by atoms with van der Waals surface area (Å²) in [6.07, 6.45) is 3.08. The van der Waals surface area contributed by atoms with Crippen LogP contribution in [0.15, 0.2) is 53.7 Å². The van der Waals surface area contributed by atoms with Crippen LogP contribution in [0.5, 0.6) is 0 Å². The number of alkyl halides is 3. The number of benzene rings is 1. The average molecular weight is 290 g/mol. The van der Waals surface area contributed by atoms with Crippen molar-refractivity contribution >= 4 is 15.5 Å². The Morgan fingerprint density at radius 1 is 1.00 bits per heavy atom. The number of halogens is 3. The fraction of sp³-hybridized carbons (Fsp3) is 0.0909. The van der Waals surface area contributed by atoms with Crippen LogP contribution in [0.1, 0.15) is 0 Å². The van der Waals surface area contributed by atoms with Crippen LogP contribution in [0, 0.1) is 0 Å². The molecule has 0 saturated carbocycles. The second-order valence-corrected chi connectivity index (χ2v) is 5.56. The maximum absolute atomic E-state index is 12.6. The van der Waals surface area contributed by atoms with Gasteiger partial charge in [-0.25, -0.2) is 8.42 Å². The monoisotopic (exact) mass is 290 g/mol. The molecule has 0 bridgehead atoms. The summed E-state index contributed by atoms with van der Waals surface area (Å²) < 4.78 is 61.9. The molecule has 0 amide bonds. The van der Waals surface area contributed by atoms with Gasteiger partial charge in [0.2, 0.25) is 0 Å². The van der Waals surface area contributed by atoms with Gasteiger partial charge in [-0.2, -0.15) is 13.2 Å². The highest BCUT2D eigenvalue weighted by Gasteiger charge is 2.47. The lowest BCUT2D eigenvalue weighted by Gasteiger charge is -2.14. The summed E-state index contributed by atoms with van der Waals surface area (Å²) in [4.78, 5) is -0.809. The van der Waals surface area contributed by atoms with E-state index in [1.807, 2.05) is 0 Å². The van der Waals surface area contributed by atoms with E-state index in [1.165, 1.54) is 35.3 Å². The highest BCUT2D eigenvalue weighted by molar-refractivity contribution is 7.92. The summed E-state index contributed by atoms with van der Waals surface area (Å²) in [7, 11) is -5.39. The van der Waals surface area contributed by atoms with Crippen LogP contribution < -0.4 is 5.43 Å². The van der Waals surface area contributed by atoms with E-state index in [4.69, 9.17) is 0 Å². The van der Waals surface area contributed by atoms with Crippen molar-refractivity contribution in [2.75, 3.05) is 5.43 Å². The molecule has 0 fully saturated rings. The Balaban J connectivity index is 2.48. The fourth-order valence-corrected chi connectivity index (χ4v) is 2.38. The van der Waals surface area contributed by atoms with Gasteiger partial charge in [-0.1, -0.05) is 12.1 Å². The van der Waals surface area contributed by atoms with Gasteiger partial charge in [-0.15, -0.1) is 0 Å². The van der Waals surface area contributed by atoms with E-state index in [1.54, 1.807) is 12.1 Å². The first kappa shape index (κ1) is 13.5. The summed E-state index contributed by atoms with van der Waals surface area (Å²) in [6.45, 7) is 0. The van der Waals surface area contributed by atoms with Crippen LogP contribution in [-0.4, -0.2) is 18.6 Å². The lowest BCUT2D eigenvalue weighted by atomic mass is 10.3. The molecule has 1 heterocycles. The predicted octanol–water partition coefficient (Wildman–Crippen LogP) is 2.66. The SMILES string of the molecule is O=S(=O)(c1ccccc1Nn1cccc1)C(F)(F)F. The summed E-state index contributed by atoms with van der Waals surface area (Å²) >= 11 is 0. The standard InChI is InChI=1S/C11H9F3N2O2S/c12-11(13,14)19(17,18)10-6-2-1-5-9(10)15-16-7-3-4-8-16/h1-8,15H. The van der Waals surface area contributed by atoms with Crippen molar-refractivity contribution in [2.45, 2.75) is 10.4 Å². The van der Waals surface area contributed by atoms with Gasteiger partial charge in [0, 0.05) is 12.4 Å². The molecular formula is C11H9F3N2O2S. The molecule has 0 saturated heterocycles. The molecule has 8 heteroatoms. The number of aromatic nitrogens is 1. The average Bonchev–Trinajstić information content (AvgIpc) is 2.81. The van der Waals surface area contributed by atoms with Crippen LogP contribution in [-0.2, 0) is 9.84 Å². The van der Waals surface area contributed by atoms with Crippen LogP contribution in [0.25, 0.3) is 0 Å². The number of rotatable bonds is 3. The first-order valence-corrected chi connectivity index (χ1v) is 6.61. The molecular weight excluding hydrogens is 281 g/mol. The van der Waals surface area contributed by atoms with Crippen molar-refractivity contribution in [3.05, 3.63) is 48.8 Å². The molecule has 1 aromatic carbocycles. The number of anilines is 1. The molecule has 1 aromatic heterocycles. The summed E-state index contributed by atoms with van der Waals surface area (Å²) in [6, 6.07) is 8.15. The molecule has 0 aliphatic heterocycles. The minimum absolute atomic E-state index is 0.143. The van der Waals surface area contributed by atoms with Crippen molar-refractivity contribution in [1.29, 1.82) is 0 Å². The third-order valence-electron chi connectivity index (χ3n) is 2.34. The van der Waals surface area contributed by atoms with E-state index in [0.29, 0.717) is 0 Å². The highest BCUT2D eigenvalue weighted by atomic mass is 32.2. The van der Waals surface area contributed by atoms with Crippen molar-refractivity contribution in [3.63, 3.8) is 0 Å². The molecule has 0 unspecified atom stereocenters. The van der Waals surface area contributed by atoms with Gasteiger partial charge in [0.1, 0.15) is 4.90 Å². The smallest absolute Gasteiger partial charge is 0.294 e. The van der Waals surface area contributed by atoms with Gasteiger partial charge in [-0.3, -0.25) is 10.1 Å². The third-order valence-corrected chi connectivity index (χ3v) is 3.88. The number of hydrogen-bond acceptors (Lipinski definition) is 3. The number of sulfone groups is 1. The van der Waals surface area contributed by atoms with Crippen LogP contribution in [0.4, 0.5) is 18.9 Å². The second kappa shape index (κ2) is 4.61. The lowest BCUT2D eigenvalue weighted by molar-refractivity contribution is -0.0435. The Morgan fingerprint density at radius 2 is 1.58 bits per heavy atom. The molecule has 4 nitrogen and oxygen atoms in total. The van der Waals surface area contributed by atoms with E-state index in [0.717, 1.165) is 6.07 Å². The summed E-state index contributed by atoms with van der Waals surface area (Å²) in [5.41, 5.74) is -2.91. The largest absolute Gasteiger partial charge is 0.501 e. The molecule has 19 heavy (non-hydrogen) atoms. The van der Waals surface area contributed by atoms with Crippen molar-refractivity contribution < 1.29 is 21.6 Å². The fourth-order valence-electron chi connectivity index (χ4n) is 1.47. The first-order valence-electron chi connectivity index (χ1n) is 5.13. The molecule has 0 atom stereocenters. The number of hydrogen-bond donors (Lipinski definition) is 1. The first-order chi connectivity index (χ1) is 8.82. The minimum atomic E-state index is -5.39. The maximum atomic E-state index is 12.6. The van der Waals surface area contributed by atoms with E-state index < -0.39 is 20.2 Å². The Bertz CT molecular complexity index is 663. The lowest BCUT2D eigenvalue weighted by Crippen LogP contribution is -2.24. The van der Waals surface area contributed by atoms with E-state index in [-0.39, 0.29) is 5.69 Å². The van der Waals surface area contributed by atoms with Crippen LogP contribution in [0.3, 0.4) is 0 Å². The van der Waals surface area contributed by atoms with Gasteiger partial charge >= 0.3 is 5.51 Å². The molecule has 2 aromatic rings. The quantitative estimate of drug-likeness (QED) is 0.945. The van der Waals surface area contributed by atoms with Gasteiger partial charge in [0.25, 0.3) is 9.84 Å². The zero-order valence-electron chi connectivity index (χ0n) is 9.42. The summed E-state index contributed by atoms with van der Waals surface area (Å²) in [5, 5.41) is 0. The third kappa shape index (κ3) is 2.58. The van der Waals surface area contributed by atoms with Gasteiger partial charge in [0.15, 0.2) is 0 Å². The normalized spacial score (nSPS) is 12.4. The van der Waals surface area contributed by atoms with Gasteiger partial charge < -0.3 is 0 Å². The Hall–Kier alpha value is -1.96.